The van der Waals surface area contributed by atoms with Crippen molar-refractivity contribution >= 4 is 28.9 Å². The van der Waals surface area contributed by atoms with Crippen LogP contribution in [-0.4, -0.2) is 33.7 Å². The van der Waals surface area contributed by atoms with Crippen molar-refractivity contribution in [3.63, 3.8) is 0 Å². The molecule has 0 spiro atoms. The van der Waals surface area contributed by atoms with Gasteiger partial charge < -0.3 is 4.74 Å². The van der Waals surface area contributed by atoms with Crippen LogP contribution in [0.15, 0.2) is 28.7 Å². The molecule has 0 heterocycles. The quantitative estimate of drug-likeness (QED) is 0.339. The molecule has 19 heavy (non-hydrogen) atoms. The first-order chi connectivity index (χ1) is 9.02. The Bertz CT molecular complexity index is 512. The van der Waals surface area contributed by atoms with E-state index in [1.165, 1.54) is 30.5 Å². The molecule has 0 amide bonds. The molecule has 0 saturated carbocycles. The minimum Gasteiger partial charge on any atom is -0.465 e. The smallest absolute Gasteiger partial charge is 0.320 e. The van der Waals surface area contributed by atoms with Gasteiger partial charge >= 0.3 is 5.97 Å². The number of carbonyl (C=O) groups excluding carboxylic acids is 1. The fraction of sp³-hybridized carbons (Fsp3) is 0.273. The van der Waals surface area contributed by atoms with Crippen molar-refractivity contribution in [2.45, 2.75) is 6.92 Å². The fourth-order valence-electron chi connectivity index (χ4n) is 1.14. The molecule has 0 radical (unpaired) electrons. The number of nitrogens with zero attached hydrogens (tertiary/aromatic N) is 2. The van der Waals surface area contributed by atoms with Crippen LogP contribution in [-0.2, 0) is 20.5 Å². The second-order valence-electron chi connectivity index (χ2n) is 3.35. The summed E-state index contributed by atoms with van der Waals surface area (Å²) >= 11 is 0. The third kappa shape index (κ3) is 5.38. The zero-order chi connectivity index (χ0) is 14.3. The van der Waals surface area contributed by atoms with E-state index in [4.69, 9.17) is 0 Å². The van der Waals surface area contributed by atoms with Crippen molar-refractivity contribution in [2.75, 3.05) is 12.4 Å². The summed E-state index contributed by atoms with van der Waals surface area (Å²) in [5.74, 6) is -0.890. The maximum Gasteiger partial charge on any atom is 0.320 e. The van der Waals surface area contributed by atoms with Gasteiger partial charge in [-0.1, -0.05) is 0 Å². The summed E-state index contributed by atoms with van der Waals surface area (Å²) in [5.41, 5.74) is 0.521. The maximum absolute atomic E-state index is 11.4. The molecule has 0 saturated heterocycles. The molecule has 1 rings (SSSR count). The fourth-order valence-corrected chi connectivity index (χ4v) is 1.74. The molecule has 102 valence electrons. The van der Waals surface area contributed by atoms with Crippen molar-refractivity contribution in [1.29, 1.82) is 0 Å². The minimum absolute atomic E-state index is 0.0372. The van der Waals surface area contributed by atoms with Gasteiger partial charge in [-0.15, -0.1) is 0 Å². The van der Waals surface area contributed by atoms with Crippen LogP contribution in [0.1, 0.15) is 12.5 Å². The number of carbonyl (C=O) groups is 1. The van der Waals surface area contributed by atoms with E-state index < -0.39 is 21.9 Å². The predicted octanol–water partition coefficient (Wildman–Crippen LogP) is 1.24. The molecule has 0 aromatic heterocycles. The highest BCUT2D eigenvalue weighted by Crippen LogP contribution is 2.10. The Morgan fingerprint density at radius 2 is 2.11 bits per heavy atom. The highest BCUT2D eigenvalue weighted by atomic mass is 32.2. The number of esters is 1. The first kappa shape index (κ1) is 15.0. The van der Waals surface area contributed by atoms with Gasteiger partial charge in [-0.3, -0.25) is 14.9 Å². The van der Waals surface area contributed by atoms with Crippen LogP contribution in [0, 0.1) is 10.1 Å². The zero-order valence-electron chi connectivity index (χ0n) is 10.1. The molecule has 0 aliphatic rings. The van der Waals surface area contributed by atoms with E-state index >= 15 is 0 Å². The van der Waals surface area contributed by atoms with Gasteiger partial charge in [0, 0.05) is 18.3 Å². The van der Waals surface area contributed by atoms with Crippen molar-refractivity contribution in [1.82, 2.24) is 0 Å². The summed E-state index contributed by atoms with van der Waals surface area (Å²) in [6, 6.07) is 5.58. The molecular weight excluding hydrogens is 272 g/mol. The van der Waals surface area contributed by atoms with Crippen molar-refractivity contribution in [3.8, 4) is 0 Å². The van der Waals surface area contributed by atoms with E-state index in [0.29, 0.717) is 5.56 Å². The van der Waals surface area contributed by atoms with Gasteiger partial charge in [0.1, 0.15) is 5.75 Å². The van der Waals surface area contributed by atoms with E-state index in [0.717, 1.165) is 0 Å². The van der Waals surface area contributed by atoms with Crippen LogP contribution >= 0.6 is 0 Å². The lowest BCUT2D eigenvalue weighted by Gasteiger charge is -1.98. The Morgan fingerprint density at radius 1 is 1.47 bits per heavy atom. The van der Waals surface area contributed by atoms with Crippen LogP contribution in [0.4, 0.5) is 5.69 Å². The van der Waals surface area contributed by atoms with Crippen molar-refractivity contribution in [2.24, 2.45) is 4.40 Å². The summed E-state index contributed by atoms with van der Waals surface area (Å²) in [4.78, 5) is 20.9. The molecule has 7 nitrogen and oxygen atoms in total. The van der Waals surface area contributed by atoms with Gasteiger partial charge in [-0.25, -0.2) is 4.21 Å². The average molecular weight is 284 g/mol. The first-order valence-corrected chi connectivity index (χ1v) is 6.63. The maximum atomic E-state index is 11.4. The van der Waals surface area contributed by atoms with Crippen LogP contribution in [0.2, 0.25) is 0 Å². The van der Waals surface area contributed by atoms with E-state index in [2.05, 4.69) is 9.13 Å². The van der Waals surface area contributed by atoms with E-state index in [1.807, 2.05) is 0 Å². The monoisotopic (exact) mass is 284 g/mol. The van der Waals surface area contributed by atoms with Gasteiger partial charge in [0.2, 0.25) is 0 Å². The highest BCUT2D eigenvalue weighted by molar-refractivity contribution is 7.84. The topological polar surface area (TPSA) is 98.9 Å². The number of hydrogen-bond acceptors (Lipinski definition) is 5. The lowest BCUT2D eigenvalue weighted by Crippen LogP contribution is -2.12. The van der Waals surface area contributed by atoms with Gasteiger partial charge in [-0.05, 0) is 24.6 Å². The lowest BCUT2D eigenvalue weighted by atomic mass is 10.2. The number of non-ortho nitro benzene ring substituents is 1. The Kier molecular flexibility index (Phi) is 5.80. The number of rotatable bonds is 6. The van der Waals surface area contributed by atoms with E-state index in [-0.39, 0.29) is 18.0 Å². The molecule has 1 aromatic carbocycles. The van der Waals surface area contributed by atoms with Gasteiger partial charge in [0.05, 0.1) is 11.5 Å². The Morgan fingerprint density at radius 3 is 2.63 bits per heavy atom. The molecular formula is C11H12N2O5S. The van der Waals surface area contributed by atoms with E-state index in [1.54, 1.807) is 6.92 Å². The normalized spacial score (nSPS) is 12.3. The van der Waals surface area contributed by atoms with Crippen molar-refractivity contribution < 1.29 is 18.7 Å². The molecule has 1 aromatic rings. The molecule has 1 atom stereocenters. The molecule has 0 bridgehead atoms. The second-order valence-corrected chi connectivity index (χ2v) is 4.50. The third-order valence-electron chi connectivity index (χ3n) is 1.97. The van der Waals surface area contributed by atoms with Crippen LogP contribution in [0.3, 0.4) is 0 Å². The van der Waals surface area contributed by atoms with Crippen LogP contribution in [0.25, 0.3) is 0 Å². The summed E-state index contributed by atoms with van der Waals surface area (Å²) < 4.78 is 19.7. The number of nitro groups is 1. The molecule has 0 aliphatic heterocycles. The highest BCUT2D eigenvalue weighted by Gasteiger charge is 2.07. The summed E-state index contributed by atoms with van der Waals surface area (Å²) in [7, 11) is -1.71. The minimum atomic E-state index is -1.71. The molecule has 0 fully saturated rings. The van der Waals surface area contributed by atoms with Crippen LogP contribution in [0.5, 0.6) is 0 Å². The van der Waals surface area contributed by atoms with Gasteiger partial charge in [0.25, 0.3) is 5.69 Å². The average Bonchev–Trinajstić information content (AvgIpc) is 2.37. The number of nitro benzene ring substituents is 1. The first-order valence-electron chi connectivity index (χ1n) is 5.35. The van der Waals surface area contributed by atoms with Crippen LogP contribution < -0.4 is 0 Å². The van der Waals surface area contributed by atoms with Gasteiger partial charge in [-0.2, -0.15) is 4.40 Å². The second kappa shape index (κ2) is 7.37. The Labute approximate surface area is 112 Å². The Hall–Kier alpha value is -2.09. The standard InChI is InChI=1S/C11H12N2O5S/c1-2-18-11(14)8-19(17)12-7-9-3-5-10(6-4-9)13(15)16/h3-7H,2,8H2,1H3/b12-7+/t19-/m0/s1. The molecule has 0 N–H and O–H groups in total. The lowest BCUT2D eigenvalue weighted by molar-refractivity contribution is -0.384. The van der Waals surface area contributed by atoms with E-state index in [9.17, 15) is 19.1 Å². The number of ether oxygens (including phenoxy) is 1. The summed E-state index contributed by atoms with van der Waals surface area (Å²) in [5, 5.41) is 10.4. The largest absolute Gasteiger partial charge is 0.465 e. The predicted molar refractivity (Wildman–Crippen MR) is 70.3 cm³/mol. The number of hydrogen-bond donors (Lipinski definition) is 0. The molecule has 0 unspecified atom stereocenters. The molecule has 8 heteroatoms. The third-order valence-corrected chi connectivity index (χ3v) is 2.79. The SMILES string of the molecule is CCOC(=O)C[S@](=O)/N=C/c1ccc([N+](=O)[O-])cc1. The van der Waals surface area contributed by atoms with Gasteiger partial charge in [0.15, 0.2) is 11.0 Å². The van der Waals surface area contributed by atoms with Crippen molar-refractivity contribution in [3.05, 3.63) is 39.9 Å². The summed E-state index contributed by atoms with van der Waals surface area (Å²) in [6.07, 6.45) is 1.29. The Balaban J connectivity index is 2.58. The summed E-state index contributed by atoms with van der Waals surface area (Å²) in [6.45, 7) is 1.88. The molecule has 0 aliphatic carbocycles. The number of benzene rings is 1. The zero-order valence-corrected chi connectivity index (χ0v) is 11.0.